The van der Waals surface area contributed by atoms with E-state index >= 15 is 0 Å². The van der Waals surface area contributed by atoms with Crippen LogP contribution in [0.1, 0.15) is 28.7 Å². The number of carbonyl (C=O) groups excluding carboxylic acids is 1. The van der Waals surface area contributed by atoms with Gasteiger partial charge in [-0.3, -0.25) is 9.99 Å². The number of carbonyl (C=O) groups is 1. The summed E-state index contributed by atoms with van der Waals surface area (Å²) in [5.41, 5.74) is 4.27. The van der Waals surface area contributed by atoms with Gasteiger partial charge in [0.25, 0.3) is 0 Å². The van der Waals surface area contributed by atoms with Crippen molar-refractivity contribution in [2.45, 2.75) is 32.5 Å². The zero-order valence-electron chi connectivity index (χ0n) is 21.2. The molecule has 0 unspecified atom stereocenters. The first-order chi connectivity index (χ1) is 18.1. The molecule has 0 atom stereocenters. The molecule has 1 heterocycles. The van der Waals surface area contributed by atoms with Crippen LogP contribution in [0.15, 0.2) is 109 Å². The van der Waals surface area contributed by atoms with Gasteiger partial charge in [0.15, 0.2) is 0 Å². The molecule has 3 aromatic carbocycles. The van der Waals surface area contributed by atoms with Gasteiger partial charge in [0.1, 0.15) is 5.82 Å². The maximum absolute atomic E-state index is 14.1. The molecule has 0 aliphatic carbocycles. The number of hydrogen-bond acceptors (Lipinski definition) is 3. The molecule has 0 N–H and O–H groups in total. The second-order valence-electron chi connectivity index (χ2n) is 9.13. The lowest BCUT2D eigenvalue weighted by Crippen LogP contribution is -2.50. The lowest BCUT2D eigenvalue weighted by molar-refractivity contribution is 0.00495. The minimum absolute atomic E-state index is 0.0572. The second-order valence-corrected chi connectivity index (χ2v) is 9.13. The summed E-state index contributed by atoms with van der Waals surface area (Å²) in [7, 11) is 1.96. The Morgan fingerprint density at radius 3 is 1.89 bits per heavy atom. The predicted octanol–water partition coefficient (Wildman–Crippen LogP) is 6.32. The van der Waals surface area contributed by atoms with Crippen LogP contribution < -0.4 is 0 Å². The van der Waals surface area contributed by atoms with E-state index in [1.807, 2.05) is 82.6 Å². The third-order valence-corrected chi connectivity index (χ3v) is 6.26. The summed E-state index contributed by atoms with van der Waals surface area (Å²) >= 11 is 0. The van der Waals surface area contributed by atoms with E-state index in [1.165, 1.54) is 12.1 Å². The van der Waals surface area contributed by atoms with E-state index in [0.29, 0.717) is 26.2 Å². The molecule has 4 rings (SSSR count). The number of amides is 2. The van der Waals surface area contributed by atoms with Gasteiger partial charge in [-0.2, -0.15) is 0 Å². The van der Waals surface area contributed by atoms with Crippen molar-refractivity contribution in [3.8, 4) is 0 Å². The van der Waals surface area contributed by atoms with Gasteiger partial charge in [-0.15, -0.1) is 0 Å². The molecule has 0 aliphatic heterocycles. The van der Waals surface area contributed by atoms with Crippen LogP contribution in [-0.4, -0.2) is 39.5 Å². The number of hydrazine groups is 1. The van der Waals surface area contributed by atoms with E-state index in [-0.39, 0.29) is 11.8 Å². The van der Waals surface area contributed by atoms with Crippen LogP contribution in [0.5, 0.6) is 0 Å². The predicted molar refractivity (Wildman–Crippen MR) is 145 cm³/mol. The van der Waals surface area contributed by atoms with Crippen molar-refractivity contribution >= 4 is 6.03 Å². The van der Waals surface area contributed by atoms with Crippen LogP contribution >= 0.6 is 0 Å². The Morgan fingerprint density at radius 1 is 0.703 bits per heavy atom. The fraction of sp³-hybridized carbons (Fsp3) is 0.226. The fourth-order valence-corrected chi connectivity index (χ4v) is 4.26. The number of pyridine rings is 1. The van der Waals surface area contributed by atoms with Gasteiger partial charge in [0, 0.05) is 39.1 Å². The summed E-state index contributed by atoms with van der Waals surface area (Å²) in [6.45, 7) is 2.13. The summed E-state index contributed by atoms with van der Waals surface area (Å²) in [4.78, 5) is 20.1. The highest BCUT2D eigenvalue weighted by Gasteiger charge is 2.25. The molecular weight excluding hydrogens is 463 g/mol. The lowest BCUT2D eigenvalue weighted by Gasteiger charge is -2.36. The molecule has 0 saturated heterocycles. The molecule has 190 valence electrons. The van der Waals surface area contributed by atoms with Gasteiger partial charge in [-0.1, -0.05) is 72.8 Å². The van der Waals surface area contributed by atoms with Crippen LogP contribution in [-0.2, 0) is 26.1 Å². The second kappa shape index (κ2) is 13.3. The van der Waals surface area contributed by atoms with E-state index in [2.05, 4.69) is 17.1 Å². The van der Waals surface area contributed by atoms with Crippen molar-refractivity contribution in [2.75, 3.05) is 13.6 Å². The first-order valence-corrected chi connectivity index (χ1v) is 12.6. The van der Waals surface area contributed by atoms with Crippen molar-refractivity contribution in [2.24, 2.45) is 0 Å². The van der Waals surface area contributed by atoms with Gasteiger partial charge in [0.2, 0.25) is 0 Å². The van der Waals surface area contributed by atoms with E-state index in [1.54, 1.807) is 24.5 Å². The Hall–Kier alpha value is -4.03. The summed E-state index contributed by atoms with van der Waals surface area (Å²) in [5.74, 6) is -0.240. The molecule has 0 fully saturated rings. The number of urea groups is 1. The van der Waals surface area contributed by atoms with E-state index < -0.39 is 0 Å². The summed E-state index contributed by atoms with van der Waals surface area (Å²) < 4.78 is 13.3. The van der Waals surface area contributed by atoms with Gasteiger partial charge in [-0.05, 0) is 59.4 Å². The molecule has 4 aromatic rings. The van der Waals surface area contributed by atoms with Crippen LogP contribution in [0.4, 0.5) is 9.18 Å². The third kappa shape index (κ3) is 7.98. The largest absolute Gasteiger partial charge is 0.335 e. The van der Waals surface area contributed by atoms with Crippen molar-refractivity contribution in [1.29, 1.82) is 0 Å². The number of nitrogens with zero attached hydrogens (tertiary/aromatic N) is 4. The topological polar surface area (TPSA) is 39.7 Å². The highest BCUT2D eigenvalue weighted by molar-refractivity contribution is 5.74. The highest BCUT2D eigenvalue weighted by Crippen LogP contribution is 2.16. The number of aromatic nitrogens is 1. The Labute approximate surface area is 218 Å². The van der Waals surface area contributed by atoms with Gasteiger partial charge < -0.3 is 4.90 Å². The van der Waals surface area contributed by atoms with E-state index in [9.17, 15) is 9.18 Å². The minimum Gasteiger partial charge on any atom is -0.319 e. The SMILES string of the molecule is CN(Cc1ccccc1)N(Cc1ccccc1)C(=O)N(CCCc1ccc(F)cc1)Cc1ccncc1. The minimum atomic E-state index is -0.240. The van der Waals surface area contributed by atoms with E-state index in [4.69, 9.17) is 0 Å². The Bertz CT molecular complexity index is 1220. The van der Waals surface area contributed by atoms with Crippen LogP contribution in [0.25, 0.3) is 0 Å². The van der Waals surface area contributed by atoms with Crippen LogP contribution in [0, 0.1) is 5.82 Å². The zero-order chi connectivity index (χ0) is 25.9. The molecule has 37 heavy (non-hydrogen) atoms. The maximum Gasteiger partial charge on any atom is 0.335 e. The Kier molecular flexibility index (Phi) is 9.38. The molecule has 5 nitrogen and oxygen atoms in total. The Balaban J connectivity index is 1.54. The normalized spacial score (nSPS) is 10.9. The molecule has 2 amide bonds. The van der Waals surface area contributed by atoms with Gasteiger partial charge >= 0.3 is 6.03 Å². The number of hydrogen-bond donors (Lipinski definition) is 0. The highest BCUT2D eigenvalue weighted by atomic mass is 19.1. The molecular formula is C31H33FN4O. The monoisotopic (exact) mass is 496 g/mol. The molecule has 0 spiro atoms. The van der Waals surface area contributed by atoms with Crippen LogP contribution in [0.2, 0.25) is 0 Å². The van der Waals surface area contributed by atoms with Crippen LogP contribution in [0.3, 0.4) is 0 Å². The summed E-state index contributed by atoms with van der Waals surface area (Å²) in [6, 6.07) is 30.6. The fourth-order valence-electron chi connectivity index (χ4n) is 4.26. The quantitative estimate of drug-likeness (QED) is 0.228. The lowest BCUT2D eigenvalue weighted by atomic mass is 10.1. The standard InChI is InChI=1S/C31H33FN4O/c1-34(23-27-9-4-2-5-10-27)36(25-28-11-6-3-7-12-28)31(37)35(24-29-18-20-33-21-19-29)22-8-13-26-14-16-30(32)17-15-26/h2-7,9-12,14-21H,8,13,22-25H2,1H3. The van der Waals surface area contributed by atoms with Crippen molar-refractivity contribution in [3.63, 3.8) is 0 Å². The first-order valence-electron chi connectivity index (χ1n) is 12.6. The summed E-state index contributed by atoms with van der Waals surface area (Å²) in [6.07, 6.45) is 5.03. The average molecular weight is 497 g/mol. The molecule has 0 bridgehead atoms. The molecule has 1 aromatic heterocycles. The van der Waals surface area contributed by atoms with E-state index in [0.717, 1.165) is 35.1 Å². The first kappa shape index (κ1) is 26.0. The zero-order valence-corrected chi connectivity index (χ0v) is 21.2. The third-order valence-electron chi connectivity index (χ3n) is 6.26. The molecule has 0 radical (unpaired) electrons. The number of rotatable bonds is 11. The number of benzene rings is 3. The molecule has 6 heteroatoms. The maximum atomic E-state index is 14.1. The van der Waals surface area contributed by atoms with Gasteiger partial charge in [-0.25, -0.2) is 14.2 Å². The number of aryl methyl sites for hydroxylation is 1. The molecule has 0 aliphatic rings. The van der Waals surface area contributed by atoms with Gasteiger partial charge in [0.05, 0.1) is 6.54 Å². The Morgan fingerprint density at radius 2 is 1.27 bits per heavy atom. The smallest absolute Gasteiger partial charge is 0.319 e. The summed E-state index contributed by atoms with van der Waals surface area (Å²) in [5, 5.41) is 3.81. The van der Waals surface area contributed by atoms with Crippen molar-refractivity contribution in [3.05, 3.63) is 138 Å². The van der Waals surface area contributed by atoms with Crippen molar-refractivity contribution < 1.29 is 9.18 Å². The van der Waals surface area contributed by atoms with Crippen molar-refractivity contribution in [1.82, 2.24) is 19.9 Å². The average Bonchev–Trinajstić information content (AvgIpc) is 2.93. The molecule has 0 saturated carbocycles. The number of halogens is 1.